The zero-order valence-electron chi connectivity index (χ0n) is 25.5. The predicted octanol–water partition coefficient (Wildman–Crippen LogP) is 5.89. The molecule has 44 heavy (non-hydrogen) atoms. The number of aliphatic hydroxyl groups is 1. The van der Waals surface area contributed by atoms with Crippen molar-refractivity contribution in [3.8, 4) is 11.5 Å². The van der Waals surface area contributed by atoms with Crippen LogP contribution in [0.15, 0.2) is 79.0 Å². The second-order valence-corrected chi connectivity index (χ2v) is 16.4. The van der Waals surface area contributed by atoms with Gasteiger partial charge in [-0.25, -0.2) is 0 Å². The summed E-state index contributed by atoms with van der Waals surface area (Å²) in [6.45, 7) is 6.90. The quantitative estimate of drug-likeness (QED) is 0.215. The maximum absolute atomic E-state index is 13.9. The monoisotopic (exact) mass is 612 g/mol. The van der Waals surface area contributed by atoms with Crippen LogP contribution in [-0.2, 0) is 24.1 Å². The summed E-state index contributed by atoms with van der Waals surface area (Å²) in [5.41, 5.74) is 3.99. The molecule has 1 saturated heterocycles. The van der Waals surface area contributed by atoms with Crippen LogP contribution in [0.25, 0.3) is 0 Å². The Hall–Kier alpha value is -3.83. The molecule has 2 aliphatic rings. The van der Waals surface area contributed by atoms with E-state index in [1.807, 2.05) is 73.9 Å². The Morgan fingerprint density at radius 3 is 2.50 bits per heavy atom. The molecule has 9 nitrogen and oxygen atoms in total. The second kappa shape index (κ2) is 12.6. The summed E-state index contributed by atoms with van der Waals surface area (Å²) in [7, 11) is -2.51. The molecule has 3 aromatic carbocycles. The number of carbonyl (C=O) groups is 1. The van der Waals surface area contributed by atoms with Crippen molar-refractivity contribution >= 4 is 25.6 Å². The SMILES string of the molecule is C[C@@H]1[C@@H]([Si](C)(C)O)[C@H](CCn2cc(CCO)nn2)O[C@@H]1CCc1cccc(N2C(=O)c3ccccc3Oc3ccccc32)c1. The van der Waals surface area contributed by atoms with Crippen LogP contribution in [0.3, 0.4) is 0 Å². The molecule has 4 aromatic rings. The van der Waals surface area contributed by atoms with Crippen LogP contribution in [0.5, 0.6) is 11.5 Å². The van der Waals surface area contributed by atoms with Crippen LogP contribution in [-0.4, -0.2) is 57.9 Å². The Morgan fingerprint density at radius 1 is 0.932 bits per heavy atom. The number of carbonyl (C=O) groups excluding carboxylic acids is 1. The van der Waals surface area contributed by atoms with Crippen molar-refractivity contribution in [3.05, 3.63) is 95.8 Å². The lowest BCUT2D eigenvalue weighted by atomic mass is 9.95. The predicted molar refractivity (Wildman–Crippen MR) is 171 cm³/mol. The van der Waals surface area contributed by atoms with E-state index in [1.54, 1.807) is 15.6 Å². The molecule has 230 valence electrons. The van der Waals surface area contributed by atoms with E-state index in [2.05, 4.69) is 29.4 Å². The molecule has 0 spiro atoms. The fourth-order valence-corrected chi connectivity index (χ4v) is 9.50. The number of aryl methyl sites for hydroxylation is 2. The molecule has 4 atom stereocenters. The lowest BCUT2D eigenvalue weighted by Gasteiger charge is -2.30. The van der Waals surface area contributed by atoms with Crippen molar-refractivity contribution in [2.24, 2.45) is 5.92 Å². The maximum Gasteiger partial charge on any atom is 0.266 e. The number of hydrogen-bond donors (Lipinski definition) is 2. The third kappa shape index (κ3) is 6.21. The van der Waals surface area contributed by atoms with Gasteiger partial charge in [-0.05, 0) is 80.2 Å². The normalized spacial score (nSPS) is 21.5. The zero-order chi connectivity index (χ0) is 30.8. The molecule has 6 rings (SSSR count). The third-order valence-corrected chi connectivity index (χ3v) is 11.4. The van der Waals surface area contributed by atoms with E-state index in [9.17, 15) is 14.7 Å². The van der Waals surface area contributed by atoms with Crippen LogP contribution in [0.1, 0.15) is 41.4 Å². The largest absolute Gasteiger partial charge is 0.454 e. The van der Waals surface area contributed by atoms with Gasteiger partial charge in [-0.1, -0.05) is 48.5 Å². The average molecular weight is 613 g/mol. The highest BCUT2D eigenvalue weighted by molar-refractivity contribution is 6.71. The Labute approximate surface area is 259 Å². The first-order valence-corrected chi connectivity index (χ1v) is 18.4. The van der Waals surface area contributed by atoms with Crippen molar-refractivity contribution in [2.45, 2.75) is 70.0 Å². The van der Waals surface area contributed by atoms with Crippen LogP contribution < -0.4 is 9.64 Å². The molecular weight excluding hydrogens is 572 g/mol. The number of fused-ring (bicyclic) bond motifs is 2. The number of rotatable bonds is 10. The van der Waals surface area contributed by atoms with Crippen LogP contribution in [0, 0.1) is 5.92 Å². The number of amides is 1. The van der Waals surface area contributed by atoms with Crippen LogP contribution >= 0.6 is 0 Å². The highest BCUT2D eigenvalue weighted by Crippen LogP contribution is 2.46. The highest BCUT2D eigenvalue weighted by atomic mass is 28.4. The molecular formula is C34H40N4O5Si. The molecule has 0 saturated carbocycles. The minimum atomic E-state index is -2.51. The summed E-state index contributed by atoms with van der Waals surface area (Å²) in [5, 5.41) is 17.5. The van der Waals surface area contributed by atoms with Crippen molar-refractivity contribution in [3.63, 3.8) is 0 Å². The van der Waals surface area contributed by atoms with Gasteiger partial charge >= 0.3 is 0 Å². The number of hydrogen-bond acceptors (Lipinski definition) is 7. The molecule has 3 heterocycles. The zero-order valence-corrected chi connectivity index (χ0v) is 26.5. The molecule has 2 aliphatic heterocycles. The smallest absolute Gasteiger partial charge is 0.266 e. The topological polar surface area (TPSA) is 110 Å². The second-order valence-electron chi connectivity index (χ2n) is 12.4. The van der Waals surface area contributed by atoms with Crippen LogP contribution in [0.4, 0.5) is 11.4 Å². The summed E-state index contributed by atoms with van der Waals surface area (Å²) in [4.78, 5) is 26.9. The molecule has 1 amide bonds. The molecule has 1 fully saturated rings. The number of aromatic nitrogens is 3. The molecule has 10 heteroatoms. The van der Waals surface area contributed by atoms with Crippen molar-refractivity contribution in [2.75, 3.05) is 11.5 Å². The van der Waals surface area contributed by atoms with Crippen molar-refractivity contribution < 1.29 is 24.2 Å². The molecule has 0 aliphatic carbocycles. The molecule has 1 aromatic heterocycles. The van der Waals surface area contributed by atoms with Gasteiger partial charge in [-0.15, -0.1) is 5.10 Å². The Morgan fingerprint density at radius 2 is 1.70 bits per heavy atom. The number of ether oxygens (including phenoxy) is 2. The molecule has 0 unspecified atom stereocenters. The Bertz CT molecular complexity index is 1620. The van der Waals surface area contributed by atoms with Gasteiger partial charge in [0, 0.05) is 37.0 Å². The average Bonchev–Trinajstić information content (AvgIpc) is 3.56. The minimum absolute atomic E-state index is 0.00842. The standard InChI is InChI=1S/C34H40N4O5Si/c1-23-29(42-32(33(23)44(2,3)41)17-19-37-22-25(18-20-39)35-36-37)16-15-24-9-8-10-26(21-24)38-28-12-5-7-14-31(28)43-30-13-6-4-11-27(30)34(38)40/h4-14,21-23,29,32-33,39,41H,15-20H2,1-3H3/t23-,29+,32-,33+/m0/s1. The van der Waals surface area contributed by atoms with Gasteiger partial charge in [0.05, 0.1) is 29.2 Å². The van der Waals surface area contributed by atoms with Gasteiger partial charge < -0.3 is 19.4 Å². The number of nitrogens with zero attached hydrogens (tertiary/aromatic N) is 4. The highest BCUT2D eigenvalue weighted by Gasteiger charge is 2.49. The maximum atomic E-state index is 13.9. The first-order chi connectivity index (χ1) is 21.2. The van der Waals surface area contributed by atoms with E-state index in [0.717, 1.165) is 36.2 Å². The number of anilines is 2. The minimum Gasteiger partial charge on any atom is -0.454 e. The fraction of sp³-hybridized carbons (Fsp3) is 0.382. The fourth-order valence-electron chi connectivity index (χ4n) is 6.84. The summed E-state index contributed by atoms with van der Waals surface area (Å²) in [5.74, 6) is 1.26. The van der Waals surface area contributed by atoms with Gasteiger partial charge in [-0.3, -0.25) is 14.4 Å². The van der Waals surface area contributed by atoms with E-state index in [4.69, 9.17) is 9.47 Å². The van der Waals surface area contributed by atoms with E-state index in [1.165, 1.54) is 0 Å². The summed E-state index contributed by atoms with van der Waals surface area (Å²) in [6, 6.07) is 23.1. The summed E-state index contributed by atoms with van der Waals surface area (Å²) in [6.07, 6.45) is 4.62. The number of para-hydroxylation sites is 3. The number of aliphatic hydroxyl groups excluding tert-OH is 1. The van der Waals surface area contributed by atoms with Gasteiger partial charge in [-0.2, -0.15) is 0 Å². The Kier molecular flexibility index (Phi) is 8.68. The van der Waals surface area contributed by atoms with Gasteiger partial charge in [0.2, 0.25) is 0 Å². The number of benzene rings is 3. The molecule has 0 bridgehead atoms. The first-order valence-electron chi connectivity index (χ1n) is 15.4. The lowest BCUT2D eigenvalue weighted by Crippen LogP contribution is -2.40. The van der Waals surface area contributed by atoms with Gasteiger partial charge in [0.25, 0.3) is 5.91 Å². The van der Waals surface area contributed by atoms with Crippen molar-refractivity contribution in [1.82, 2.24) is 15.0 Å². The van der Waals surface area contributed by atoms with Gasteiger partial charge in [0.1, 0.15) is 5.75 Å². The molecule has 2 N–H and O–H groups in total. The lowest BCUT2D eigenvalue weighted by molar-refractivity contribution is 0.0245. The van der Waals surface area contributed by atoms with E-state index < -0.39 is 8.32 Å². The third-order valence-electron chi connectivity index (χ3n) is 8.85. The van der Waals surface area contributed by atoms with E-state index in [-0.39, 0.29) is 36.2 Å². The van der Waals surface area contributed by atoms with E-state index >= 15 is 0 Å². The molecule has 0 radical (unpaired) electrons. The summed E-state index contributed by atoms with van der Waals surface area (Å²) >= 11 is 0. The Balaban J connectivity index is 1.18. The first kappa shape index (κ1) is 30.2. The van der Waals surface area contributed by atoms with Gasteiger partial charge in [0.15, 0.2) is 14.1 Å². The van der Waals surface area contributed by atoms with Crippen molar-refractivity contribution in [1.29, 1.82) is 0 Å². The summed E-state index contributed by atoms with van der Waals surface area (Å²) < 4.78 is 14.6. The van der Waals surface area contributed by atoms with Crippen LogP contribution in [0.2, 0.25) is 18.6 Å². The van der Waals surface area contributed by atoms with E-state index in [0.29, 0.717) is 35.7 Å².